The molecule has 0 bridgehead atoms. The number of fused-ring (bicyclic) bond motifs is 1. The fourth-order valence-electron chi connectivity index (χ4n) is 1.91. The number of carbonyl (C=O) groups is 1. The number of ether oxygens (including phenoxy) is 4. The van der Waals surface area contributed by atoms with E-state index in [2.05, 4.69) is 5.32 Å². The van der Waals surface area contributed by atoms with E-state index in [1.54, 1.807) is 19.2 Å². The van der Waals surface area contributed by atoms with Crippen LogP contribution in [-0.4, -0.2) is 40.1 Å². The van der Waals surface area contributed by atoms with Crippen LogP contribution in [0.4, 0.5) is 0 Å². The van der Waals surface area contributed by atoms with E-state index in [0.717, 1.165) is 0 Å². The molecule has 1 aliphatic heterocycles. The van der Waals surface area contributed by atoms with Crippen molar-refractivity contribution in [3.8, 4) is 11.5 Å². The van der Waals surface area contributed by atoms with E-state index >= 15 is 0 Å². The van der Waals surface area contributed by atoms with Gasteiger partial charge >= 0.3 is 5.97 Å². The summed E-state index contributed by atoms with van der Waals surface area (Å²) in [5.74, 6) is 0.613. The fourth-order valence-corrected chi connectivity index (χ4v) is 2.19. The zero-order chi connectivity index (χ0) is 14.5. The van der Waals surface area contributed by atoms with Crippen molar-refractivity contribution in [3.63, 3.8) is 0 Å². The highest BCUT2D eigenvalue weighted by Gasteiger charge is 2.26. The number of hydrogen-bond acceptors (Lipinski definition) is 6. The van der Waals surface area contributed by atoms with E-state index in [9.17, 15) is 4.79 Å². The minimum absolute atomic E-state index is 0.124. The van der Waals surface area contributed by atoms with Crippen LogP contribution in [0.15, 0.2) is 12.1 Å². The van der Waals surface area contributed by atoms with Gasteiger partial charge in [-0.2, -0.15) is 0 Å². The average Bonchev–Trinajstić information content (AvgIpc) is 2.91. The first kappa shape index (κ1) is 14.9. The molecule has 2 rings (SSSR count). The molecular formula is C13H16ClNO5. The molecular weight excluding hydrogens is 286 g/mol. The van der Waals surface area contributed by atoms with E-state index < -0.39 is 12.0 Å². The second kappa shape index (κ2) is 6.78. The lowest BCUT2D eigenvalue weighted by Gasteiger charge is -2.17. The van der Waals surface area contributed by atoms with Crippen LogP contribution >= 0.6 is 11.6 Å². The molecule has 20 heavy (non-hydrogen) atoms. The van der Waals surface area contributed by atoms with Gasteiger partial charge in [-0.15, -0.1) is 0 Å². The molecule has 0 aliphatic carbocycles. The molecule has 0 amide bonds. The summed E-state index contributed by atoms with van der Waals surface area (Å²) in [4.78, 5) is 11.9. The lowest BCUT2D eigenvalue weighted by molar-refractivity contribution is -0.143. The highest BCUT2D eigenvalue weighted by molar-refractivity contribution is 6.32. The number of rotatable bonds is 6. The number of methoxy groups -OCH3 is 2. The molecule has 1 unspecified atom stereocenters. The summed E-state index contributed by atoms with van der Waals surface area (Å²) in [5.41, 5.74) is 0.655. The molecule has 1 aromatic carbocycles. The molecule has 6 nitrogen and oxygen atoms in total. The number of halogens is 1. The first-order chi connectivity index (χ1) is 9.67. The quantitative estimate of drug-likeness (QED) is 0.635. The van der Waals surface area contributed by atoms with Crippen LogP contribution in [-0.2, 0) is 14.3 Å². The Labute approximate surface area is 121 Å². The summed E-state index contributed by atoms with van der Waals surface area (Å²) in [7, 11) is 2.92. The summed E-state index contributed by atoms with van der Waals surface area (Å²) in [6.07, 6.45) is 0. The van der Waals surface area contributed by atoms with Gasteiger partial charge in [-0.05, 0) is 17.7 Å². The van der Waals surface area contributed by atoms with Gasteiger partial charge in [0.2, 0.25) is 6.79 Å². The van der Waals surface area contributed by atoms with Gasteiger partial charge in [0.1, 0.15) is 6.04 Å². The lowest BCUT2D eigenvalue weighted by Crippen LogP contribution is -2.32. The molecule has 0 aromatic heterocycles. The Balaban J connectivity index is 2.24. The van der Waals surface area contributed by atoms with Crippen molar-refractivity contribution in [3.05, 3.63) is 22.7 Å². The lowest BCUT2D eigenvalue weighted by atomic mass is 10.1. The monoisotopic (exact) mass is 301 g/mol. The SMILES string of the molecule is COCCNC(C(=O)OC)c1cc(Cl)c2c(c1)OCO2. The van der Waals surface area contributed by atoms with Gasteiger partial charge in [-0.3, -0.25) is 5.32 Å². The minimum Gasteiger partial charge on any atom is -0.468 e. The van der Waals surface area contributed by atoms with E-state index in [-0.39, 0.29) is 6.79 Å². The highest BCUT2D eigenvalue weighted by Crippen LogP contribution is 2.41. The van der Waals surface area contributed by atoms with Gasteiger partial charge in [-0.25, -0.2) is 4.79 Å². The number of benzene rings is 1. The van der Waals surface area contributed by atoms with E-state index in [1.807, 2.05) is 0 Å². The van der Waals surface area contributed by atoms with Crippen LogP contribution < -0.4 is 14.8 Å². The van der Waals surface area contributed by atoms with Gasteiger partial charge < -0.3 is 18.9 Å². The number of esters is 1. The van der Waals surface area contributed by atoms with Crippen LogP contribution in [0, 0.1) is 0 Å². The summed E-state index contributed by atoms with van der Waals surface area (Å²) >= 11 is 6.12. The third-order valence-electron chi connectivity index (χ3n) is 2.87. The average molecular weight is 302 g/mol. The smallest absolute Gasteiger partial charge is 0.327 e. The van der Waals surface area contributed by atoms with E-state index in [1.165, 1.54) is 7.11 Å². The Morgan fingerprint density at radius 3 is 2.95 bits per heavy atom. The second-order valence-corrected chi connectivity index (χ2v) is 4.55. The van der Waals surface area contributed by atoms with Crippen molar-refractivity contribution in [2.24, 2.45) is 0 Å². The predicted octanol–water partition coefficient (Wildman–Crippen LogP) is 1.52. The topological polar surface area (TPSA) is 66.0 Å². The van der Waals surface area contributed by atoms with Crippen LogP contribution in [0.5, 0.6) is 11.5 Å². The molecule has 7 heteroatoms. The van der Waals surface area contributed by atoms with Gasteiger partial charge in [0, 0.05) is 13.7 Å². The highest BCUT2D eigenvalue weighted by atomic mass is 35.5. The first-order valence-electron chi connectivity index (χ1n) is 6.06. The van der Waals surface area contributed by atoms with Crippen LogP contribution in [0.25, 0.3) is 0 Å². The molecule has 0 fully saturated rings. The molecule has 0 radical (unpaired) electrons. The first-order valence-corrected chi connectivity index (χ1v) is 6.44. The Morgan fingerprint density at radius 1 is 1.45 bits per heavy atom. The molecule has 1 aliphatic rings. The molecule has 110 valence electrons. The summed E-state index contributed by atoms with van der Waals surface area (Å²) < 4.78 is 20.3. The Bertz CT molecular complexity index is 494. The van der Waals surface area contributed by atoms with Crippen molar-refractivity contribution in [2.75, 3.05) is 34.2 Å². The molecule has 0 saturated carbocycles. The largest absolute Gasteiger partial charge is 0.468 e. The molecule has 1 heterocycles. The van der Waals surface area contributed by atoms with Gasteiger partial charge in [-0.1, -0.05) is 11.6 Å². The van der Waals surface area contributed by atoms with Crippen LogP contribution in [0.2, 0.25) is 5.02 Å². The Kier molecular flexibility index (Phi) is 5.05. The van der Waals surface area contributed by atoms with Gasteiger partial charge in [0.15, 0.2) is 11.5 Å². The van der Waals surface area contributed by atoms with Gasteiger partial charge in [0.05, 0.1) is 18.7 Å². The number of carbonyl (C=O) groups excluding carboxylic acids is 1. The zero-order valence-electron chi connectivity index (χ0n) is 11.3. The third kappa shape index (κ3) is 3.15. The van der Waals surface area contributed by atoms with Crippen molar-refractivity contribution in [2.45, 2.75) is 6.04 Å². The second-order valence-electron chi connectivity index (χ2n) is 4.14. The Morgan fingerprint density at radius 2 is 2.25 bits per heavy atom. The summed E-state index contributed by atoms with van der Waals surface area (Å²) in [6.45, 7) is 1.10. The van der Waals surface area contributed by atoms with E-state index in [0.29, 0.717) is 35.2 Å². The van der Waals surface area contributed by atoms with Crippen molar-refractivity contribution in [1.29, 1.82) is 0 Å². The predicted molar refractivity (Wildman–Crippen MR) is 72.2 cm³/mol. The van der Waals surface area contributed by atoms with Crippen molar-refractivity contribution >= 4 is 17.6 Å². The maximum atomic E-state index is 11.9. The van der Waals surface area contributed by atoms with Crippen LogP contribution in [0.1, 0.15) is 11.6 Å². The summed E-state index contributed by atoms with van der Waals surface area (Å²) in [5, 5.41) is 3.45. The molecule has 0 saturated heterocycles. The standard InChI is InChI=1S/C13H16ClNO5/c1-17-4-3-15-11(13(16)18-2)8-5-9(14)12-10(6-8)19-7-20-12/h5-6,11,15H,3-4,7H2,1-2H3. The van der Waals surface area contributed by atoms with Crippen LogP contribution in [0.3, 0.4) is 0 Å². The minimum atomic E-state index is -0.637. The molecule has 0 spiro atoms. The Hall–Kier alpha value is -1.50. The molecule has 1 aromatic rings. The maximum absolute atomic E-state index is 11.9. The maximum Gasteiger partial charge on any atom is 0.327 e. The summed E-state index contributed by atoms with van der Waals surface area (Å²) in [6, 6.07) is 2.74. The van der Waals surface area contributed by atoms with Crippen molar-refractivity contribution in [1.82, 2.24) is 5.32 Å². The fraction of sp³-hybridized carbons (Fsp3) is 0.462. The molecule has 1 N–H and O–H groups in total. The zero-order valence-corrected chi connectivity index (χ0v) is 12.0. The number of nitrogens with one attached hydrogen (secondary N) is 1. The number of hydrogen-bond donors (Lipinski definition) is 1. The van der Waals surface area contributed by atoms with Crippen molar-refractivity contribution < 1.29 is 23.7 Å². The van der Waals surface area contributed by atoms with E-state index in [4.69, 9.17) is 30.5 Å². The molecule has 1 atom stereocenters. The van der Waals surface area contributed by atoms with Gasteiger partial charge in [0.25, 0.3) is 0 Å². The third-order valence-corrected chi connectivity index (χ3v) is 3.16. The normalized spacial score (nSPS) is 14.2.